The van der Waals surface area contributed by atoms with Crippen molar-refractivity contribution in [3.63, 3.8) is 0 Å². The molecule has 136 valence electrons. The van der Waals surface area contributed by atoms with E-state index < -0.39 is 39.5 Å². The topological polar surface area (TPSA) is 156 Å². The van der Waals surface area contributed by atoms with Crippen molar-refractivity contribution in [3.05, 3.63) is 40.3 Å². The molecule has 1 amide bonds. The van der Waals surface area contributed by atoms with E-state index in [-0.39, 0.29) is 17.2 Å². The van der Waals surface area contributed by atoms with Crippen molar-refractivity contribution in [2.75, 3.05) is 13.1 Å². The number of nitrogens with zero attached hydrogens (tertiary/aromatic N) is 4. The molecule has 1 aromatic rings. The maximum absolute atomic E-state index is 12.2. The maximum atomic E-state index is 12.2. The van der Waals surface area contributed by atoms with E-state index in [4.69, 9.17) is 11.3 Å². The zero-order chi connectivity index (χ0) is 19.3. The second kappa shape index (κ2) is 7.83. The first-order valence-corrected chi connectivity index (χ1v) is 7.69. The van der Waals surface area contributed by atoms with Crippen molar-refractivity contribution in [2.24, 2.45) is 10.3 Å². The summed E-state index contributed by atoms with van der Waals surface area (Å²) in [5, 5.41) is 0.104. The molecule has 0 fully saturated rings. The van der Waals surface area contributed by atoms with E-state index in [0.717, 1.165) is 24.3 Å². The minimum atomic E-state index is -5.32. The van der Waals surface area contributed by atoms with E-state index in [1.54, 1.807) is 0 Å². The third-order valence-corrected chi connectivity index (χ3v) is 3.68. The number of hydroxylamine groups is 2. The summed E-state index contributed by atoms with van der Waals surface area (Å²) in [7, 11) is -4.29. The quantitative estimate of drug-likeness (QED) is 0.348. The van der Waals surface area contributed by atoms with Crippen molar-refractivity contribution >= 4 is 21.9 Å². The van der Waals surface area contributed by atoms with Gasteiger partial charge in [-0.15, -0.1) is 0 Å². The summed E-state index contributed by atoms with van der Waals surface area (Å²) in [4.78, 5) is 28.6. The Kier molecular flexibility index (Phi) is 6.33. The molecule has 10 nitrogen and oxygen atoms in total. The van der Waals surface area contributed by atoms with Gasteiger partial charge in [-0.2, -0.15) is 18.2 Å². The van der Waals surface area contributed by atoms with Gasteiger partial charge in [0.2, 0.25) is 0 Å². The Bertz CT molecular complexity index is 802. The predicted octanol–water partition coefficient (Wildman–Crippen LogP) is 1.11. The molecule has 0 aliphatic rings. The van der Waals surface area contributed by atoms with Gasteiger partial charge in [0, 0.05) is 21.5 Å². The van der Waals surface area contributed by atoms with Crippen LogP contribution in [0.1, 0.15) is 10.4 Å². The first-order chi connectivity index (χ1) is 11.5. The number of hydrogen-bond acceptors (Lipinski definition) is 6. The number of nitrogens with two attached hydrogens (primary N) is 1. The molecule has 1 rings (SSSR count). The minimum Gasteiger partial charge on any atom is -0.329 e. The molecule has 25 heavy (non-hydrogen) atoms. The number of hydrogen-bond donors (Lipinski definition) is 1. The van der Waals surface area contributed by atoms with Gasteiger partial charge >= 0.3 is 12.1 Å². The van der Waals surface area contributed by atoms with E-state index in [9.17, 15) is 31.2 Å². The normalized spacial score (nSPS) is 11.4. The SMILES string of the molecule is [N-]=[N+]=NS(=O)(=O)c1ccc(C(=O)N(CCN)OC(=O)C(F)(F)F)cc1. The van der Waals surface area contributed by atoms with Gasteiger partial charge in [0.15, 0.2) is 0 Å². The fourth-order valence-corrected chi connectivity index (χ4v) is 2.14. The number of carbonyl (C=O) groups excluding carboxylic acids is 2. The number of amides is 1. The van der Waals surface area contributed by atoms with Crippen LogP contribution in [0.15, 0.2) is 33.7 Å². The summed E-state index contributed by atoms with van der Waals surface area (Å²) in [5.41, 5.74) is 13.0. The summed E-state index contributed by atoms with van der Waals surface area (Å²) in [6.07, 6.45) is -5.32. The highest BCUT2D eigenvalue weighted by molar-refractivity contribution is 7.90. The molecule has 0 atom stereocenters. The Balaban J connectivity index is 3.06. The van der Waals surface area contributed by atoms with E-state index in [0.29, 0.717) is 0 Å². The first-order valence-electron chi connectivity index (χ1n) is 6.25. The van der Waals surface area contributed by atoms with Crippen LogP contribution in [0.2, 0.25) is 0 Å². The fraction of sp³-hybridized carbons (Fsp3) is 0.273. The van der Waals surface area contributed by atoms with E-state index >= 15 is 0 Å². The number of rotatable bonds is 5. The Labute approximate surface area is 138 Å². The number of sulfonamides is 1. The lowest BCUT2D eigenvalue weighted by Crippen LogP contribution is -2.41. The number of azide groups is 1. The van der Waals surface area contributed by atoms with Crippen LogP contribution in [0.4, 0.5) is 13.2 Å². The second-order valence-corrected chi connectivity index (χ2v) is 5.83. The van der Waals surface area contributed by atoms with Crippen LogP contribution in [0.3, 0.4) is 0 Å². The number of alkyl halides is 3. The zero-order valence-electron chi connectivity index (χ0n) is 12.2. The second-order valence-electron chi connectivity index (χ2n) is 4.24. The summed E-state index contributed by atoms with van der Waals surface area (Å²) in [6.45, 7) is -0.834. The van der Waals surface area contributed by atoms with Crippen molar-refractivity contribution in [1.29, 1.82) is 0 Å². The van der Waals surface area contributed by atoms with Gasteiger partial charge in [-0.1, -0.05) is 0 Å². The summed E-state index contributed by atoms with van der Waals surface area (Å²) >= 11 is 0. The standard InChI is InChI=1S/C11H10F3N5O5S/c12-11(13,14)10(21)24-19(6-5-15)9(20)7-1-3-8(4-2-7)25(22,23)18-17-16/h1-4H,5-6,15H2. The van der Waals surface area contributed by atoms with Crippen molar-refractivity contribution < 1.29 is 36.0 Å². The van der Waals surface area contributed by atoms with Crippen LogP contribution in [-0.4, -0.2) is 44.6 Å². The predicted molar refractivity (Wildman–Crippen MR) is 75.0 cm³/mol. The molecular weight excluding hydrogens is 371 g/mol. The third-order valence-electron chi connectivity index (χ3n) is 2.53. The zero-order valence-corrected chi connectivity index (χ0v) is 13.0. The van der Waals surface area contributed by atoms with Crippen molar-refractivity contribution in [1.82, 2.24) is 5.06 Å². The van der Waals surface area contributed by atoms with Gasteiger partial charge in [0.05, 0.1) is 11.4 Å². The summed E-state index contributed by atoms with van der Waals surface area (Å²) in [6, 6.07) is 3.66. The molecule has 0 heterocycles. The lowest BCUT2D eigenvalue weighted by molar-refractivity contribution is -0.228. The fourth-order valence-electron chi connectivity index (χ4n) is 1.47. The molecule has 1 aromatic carbocycles. The van der Waals surface area contributed by atoms with Crippen LogP contribution < -0.4 is 5.73 Å². The van der Waals surface area contributed by atoms with Gasteiger partial charge in [-0.3, -0.25) is 4.79 Å². The highest BCUT2D eigenvalue weighted by Gasteiger charge is 2.43. The summed E-state index contributed by atoms with van der Waals surface area (Å²) in [5.74, 6) is -3.77. The molecule has 0 unspecified atom stereocenters. The lowest BCUT2D eigenvalue weighted by Gasteiger charge is -2.21. The molecule has 14 heteroatoms. The Morgan fingerprint density at radius 1 is 1.28 bits per heavy atom. The molecule has 0 aliphatic carbocycles. The van der Waals surface area contributed by atoms with Crippen LogP contribution in [0.25, 0.3) is 10.4 Å². The average molecular weight is 381 g/mol. The van der Waals surface area contributed by atoms with Crippen LogP contribution in [-0.2, 0) is 19.7 Å². The van der Waals surface area contributed by atoms with Crippen molar-refractivity contribution in [3.8, 4) is 0 Å². The highest BCUT2D eigenvalue weighted by Crippen LogP contribution is 2.19. The van der Waals surface area contributed by atoms with Crippen LogP contribution in [0.5, 0.6) is 0 Å². The largest absolute Gasteiger partial charge is 0.493 e. The van der Waals surface area contributed by atoms with Gasteiger partial charge in [0.1, 0.15) is 0 Å². The highest BCUT2D eigenvalue weighted by atomic mass is 32.2. The maximum Gasteiger partial charge on any atom is 0.493 e. The Morgan fingerprint density at radius 2 is 1.84 bits per heavy atom. The number of benzene rings is 1. The van der Waals surface area contributed by atoms with E-state index in [1.165, 1.54) is 0 Å². The van der Waals surface area contributed by atoms with Crippen molar-refractivity contribution in [2.45, 2.75) is 11.1 Å². The number of carbonyl (C=O) groups is 2. The third kappa shape index (κ3) is 5.34. The molecule has 0 aromatic heterocycles. The first kappa shape index (κ1) is 20.2. The minimum absolute atomic E-state index is 0.104. The monoisotopic (exact) mass is 381 g/mol. The van der Waals surface area contributed by atoms with E-state index in [2.05, 4.69) is 14.3 Å². The molecule has 0 aliphatic heterocycles. The van der Waals surface area contributed by atoms with Crippen LogP contribution in [0, 0.1) is 0 Å². The molecule has 0 saturated heterocycles. The molecule has 0 spiro atoms. The molecule has 0 bridgehead atoms. The molecule has 0 radical (unpaired) electrons. The Morgan fingerprint density at radius 3 is 2.28 bits per heavy atom. The molecule has 2 N–H and O–H groups in total. The Hall–Kier alpha value is -2.83. The van der Waals surface area contributed by atoms with Gasteiger partial charge < -0.3 is 10.6 Å². The smallest absolute Gasteiger partial charge is 0.329 e. The lowest BCUT2D eigenvalue weighted by atomic mass is 10.2. The van der Waals surface area contributed by atoms with Gasteiger partial charge in [-0.05, 0) is 29.8 Å². The number of halogens is 3. The molecule has 0 saturated carbocycles. The van der Waals surface area contributed by atoms with E-state index in [1.807, 2.05) is 0 Å². The van der Waals surface area contributed by atoms with Crippen LogP contribution >= 0.6 is 0 Å². The molecular formula is C11H10F3N5O5S. The summed E-state index contributed by atoms with van der Waals surface area (Å²) < 4.78 is 62.2. The van der Waals surface area contributed by atoms with Gasteiger partial charge in [0.25, 0.3) is 15.9 Å². The average Bonchev–Trinajstić information content (AvgIpc) is 2.53. The van der Waals surface area contributed by atoms with Gasteiger partial charge in [-0.25, -0.2) is 13.2 Å².